The maximum Gasteiger partial charge on any atom is 0.304 e. The second-order valence-electron chi connectivity index (χ2n) is 8.32. The van der Waals surface area contributed by atoms with Crippen LogP contribution in [-0.4, -0.2) is 72.4 Å². The summed E-state index contributed by atoms with van der Waals surface area (Å²) >= 11 is 0. The fraction of sp³-hybridized carbons (Fsp3) is 0.667. The summed E-state index contributed by atoms with van der Waals surface area (Å²) in [6.07, 6.45) is 5.27. The fourth-order valence-electron chi connectivity index (χ4n) is 5.04. The van der Waals surface area contributed by atoms with Crippen molar-refractivity contribution < 1.29 is 19.4 Å². The number of nitrogens with zero attached hydrogens (tertiary/aromatic N) is 2. The van der Waals surface area contributed by atoms with Gasteiger partial charge in [0.2, 0.25) is 0 Å². The molecule has 0 amide bonds. The molecule has 3 aliphatic rings. The van der Waals surface area contributed by atoms with Gasteiger partial charge in [-0.05, 0) is 50.8 Å². The van der Waals surface area contributed by atoms with Crippen molar-refractivity contribution >= 4 is 5.97 Å². The maximum absolute atomic E-state index is 10.8. The van der Waals surface area contributed by atoms with Crippen molar-refractivity contribution in [1.29, 1.82) is 0 Å². The van der Waals surface area contributed by atoms with Gasteiger partial charge in [-0.1, -0.05) is 12.1 Å². The van der Waals surface area contributed by atoms with E-state index in [4.69, 9.17) is 14.6 Å². The number of fused-ring (bicyclic) bond motifs is 3. The number of para-hydroxylation sites is 2. The first-order valence-corrected chi connectivity index (χ1v) is 10.1. The molecule has 6 heteroatoms. The Hall–Kier alpha value is -1.79. The third-order valence-corrected chi connectivity index (χ3v) is 6.24. The molecule has 1 N–H and O–H groups in total. The normalized spacial score (nSPS) is 29.9. The van der Waals surface area contributed by atoms with E-state index in [1.807, 2.05) is 31.3 Å². The van der Waals surface area contributed by atoms with Crippen LogP contribution in [0.1, 0.15) is 32.1 Å². The molecule has 27 heavy (non-hydrogen) atoms. The van der Waals surface area contributed by atoms with Crippen molar-refractivity contribution in [3.8, 4) is 11.5 Å². The van der Waals surface area contributed by atoms with E-state index >= 15 is 0 Å². The van der Waals surface area contributed by atoms with Crippen LogP contribution in [0, 0.1) is 5.92 Å². The average molecular weight is 374 g/mol. The van der Waals surface area contributed by atoms with Gasteiger partial charge in [0.15, 0.2) is 11.5 Å². The molecule has 148 valence electrons. The Bertz CT molecular complexity index is 653. The van der Waals surface area contributed by atoms with E-state index in [0.717, 1.165) is 24.6 Å². The van der Waals surface area contributed by atoms with Gasteiger partial charge in [0, 0.05) is 31.7 Å². The molecule has 1 aromatic rings. The second kappa shape index (κ2) is 8.07. The van der Waals surface area contributed by atoms with E-state index in [2.05, 4.69) is 9.80 Å². The average Bonchev–Trinajstić information content (AvgIpc) is 2.88. The summed E-state index contributed by atoms with van der Waals surface area (Å²) < 4.78 is 12.1. The van der Waals surface area contributed by atoms with Gasteiger partial charge >= 0.3 is 5.97 Å². The number of piperidine rings is 1. The predicted molar refractivity (Wildman–Crippen MR) is 102 cm³/mol. The first-order valence-electron chi connectivity index (χ1n) is 10.1. The minimum atomic E-state index is -0.715. The van der Waals surface area contributed by atoms with Crippen LogP contribution in [0.5, 0.6) is 11.5 Å². The Balaban J connectivity index is 1.29. The minimum Gasteiger partial charge on any atom is -0.486 e. The molecule has 3 unspecified atom stereocenters. The number of hydrogen-bond acceptors (Lipinski definition) is 5. The van der Waals surface area contributed by atoms with Gasteiger partial charge in [-0.25, -0.2) is 0 Å². The molecule has 1 aromatic carbocycles. The molecule has 6 nitrogen and oxygen atoms in total. The van der Waals surface area contributed by atoms with Gasteiger partial charge in [-0.15, -0.1) is 0 Å². The third-order valence-electron chi connectivity index (χ3n) is 6.24. The Morgan fingerprint density at radius 1 is 1.22 bits per heavy atom. The first kappa shape index (κ1) is 18.6. The van der Waals surface area contributed by atoms with Gasteiger partial charge in [-0.3, -0.25) is 9.69 Å². The lowest BCUT2D eigenvalue weighted by molar-refractivity contribution is -0.137. The minimum absolute atomic E-state index is 0.0952. The van der Waals surface area contributed by atoms with Gasteiger partial charge in [0.25, 0.3) is 0 Å². The smallest absolute Gasteiger partial charge is 0.304 e. The summed E-state index contributed by atoms with van der Waals surface area (Å²) in [4.78, 5) is 15.6. The number of ether oxygens (including phenoxy) is 2. The molecule has 0 radical (unpaired) electrons. The van der Waals surface area contributed by atoms with Crippen molar-refractivity contribution in [3.05, 3.63) is 24.3 Å². The summed E-state index contributed by atoms with van der Waals surface area (Å²) in [6, 6.07) is 9.16. The summed E-state index contributed by atoms with van der Waals surface area (Å²) in [6.45, 7) is 3.20. The molecule has 3 heterocycles. The summed E-state index contributed by atoms with van der Waals surface area (Å²) in [5.74, 6) is 1.66. The number of rotatable bonds is 7. The molecule has 3 aliphatic heterocycles. The zero-order valence-electron chi connectivity index (χ0n) is 16.0. The standard InChI is InChI=1S/C21H30N2O4/c1-22(9-8-21(24)25)12-15-10-16-6-7-17(11-15)23(16)13-18-14-26-19-4-2-3-5-20(19)27-18/h2-5,15-18H,6-14H2,1H3,(H,24,25). The number of carboxylic acid groups (broad SMARTS) is 1. The maximum atomic E-state index is 10.8. The Morgan fingerprint density at radius 3 is 2.63 bits per heavy atom. The van der Waals surface area contributed by atoms with E-state index in [9.17, 15) is 4.79 Å². The first-order chi connectivity index (χ1) is 13.1. The van der Waals surface area contributed by atoms with Crippen molar-refractivity contribution in [2.45, 2.75) is 50.3 Å². The van der Waals surface area contributed by atoms with Crippen molar-refractivity contribution in [2.75, 3.05) is 33.3 Å². The highest BCUT2D eigenvalue weighted by atomic mass is 16.6. The van der Waals surface area contributed by atoms with E-state index in [1.165, 1.54) is 25.7 Å². The zero-order valence-corrected chi connectivity index (χ0v) is 16.0. The van der Waals surface area contributed by atoms with Crippen LogP contribution >= 0.6 is 0 Å². The largest absolute Gasteiger partial charge is 0.486 e. The topological polar surface area (TPSA) is 62.2 Å². The van der Waals surface area contributed by atoms with Crippen molar-refractivity contribution in [2.24, 2.45) is 5.92 Å². The van der Waals surface area contributed by atoms with E-state index in [0.29, 0.717) is 31.2 Å². The summed E-state index contributed by atoms with van der Waals surface area (Å²) in [7, 11) is 2.04. The van der Waals surface area contributed by atoms with E-state index in [1.54, 1.807) is 0 Å². The van der Waals surface area contributed by atoms with Crippen LogP contribution < -0.4 is 9.47 Å². The number of hydrogen-bond donors (Lipinski definition) is 1. The second-order valence-corrected chi connectivity index (χ2v) is 8.32. The predicted octanol–water partition coefficient (Wildman–Crippen LogP) is 2.48. The quantitative estimate of drug-likeness (QED) is 0.791. The highest BCUT2D eigenvalue weighted by Gasteiger charge is 2.42. The molecule has 3 atom stereocenters. The number of carbonyl (C=O) groups is 1. The molecule has 4 rings (SSSR count). The molecule has 2 fully saturated rings. The lowest BCUT2D eigenvalue weighted by Gasteiger charge is -2.42. The molecular weight excluding hydrogens is 344 g/mol. The van der Waals surface area contributed by atoms with Gasteiger partial charge in [0.05, 0.1) is 6.42 Å². The SMILES string of the molecule is CN(CCC(=O)O)CC1CC2CCC(C1)N2CC1COc2ccccc2O1. The third kappa shape index (κ3) is 4.38. The molecule has 0 saturated carbocycles. The van der Waals surface area contributed by atoms with Crippen molar-refractivity contribution in [1.82, 2.24) is 9.80 Å². The summed E-state index contributed by atoms with van der Waals surface area (Å²) in [5.41, 5.74) is 0. The molecule has 0 aromatic heterocycles. The highest BCUT2D eigenvalue weighted by Crippen LogP contribution is 2.40. The van der Waals surface area contributed by atoms with E-state index in [-0.39, 0.29) is 12.5 Å². The van der Waals surface area contributed by atoms with Gasteiger partial charge in [0.1, 0.15) is 12.7 Å². The van der Waals surface area contributed by atoms with Crippen molar-refractivity contribution in [3.63, 3.8) is 0 Å². The lowest BCUT2D eigenvalue weighted by Crippen LogP contribution is -2.50. The molecule has 0 aliphatic carbocycles. The van der Waals surface area contributed by atoms with Crippen LogP contribution in [0.4, 0.5) is 0 Å². The Labute approximate surface area is 161 Å². The van der Waals surface area contributed by atoms with Crippen LogP contribution in [-0.2, 0) is 4.79 Å². The summed E-state index contributed by atoms with van der Waals surface area (Å²) in [5, 5.41) is 8.86. The number of carboxylic acids is 1. The van der Waals surface area contributed by atoms with Gasteiger partial charge < -0.3 is 19.5 Å². The Kier molecular flexibility index (Phi) is 5.55. The van der Waals surface area contributed by atoms with Crippen LogP contribution in [0.15, 0.2) is 24.3 Å². The fourth-order valence-corrected chi connectivity index (χ4v) is 5.04. The molecule has 0 spiro atoms. The monoisotopic (exact) mass is 374 g/mol. The molecular formula is C21H30N2O4. The van der Waals surface area contributed by atoms with Crippen LogP contribution in [0.3, 0.4) is 0 Å². The van der Waals surface area contributed by atoms with Crippen LogP contribution in [0.2, 0.25) is 0 Å². The highest BCUT2D eigenvalue weighted by molar-refractivity contribution is 5.66. The van der Waals surface area contributed by atoms with Crippen LogP contribution in [0.25, 0.3) is 0 Å². The Morgan fingerprint density at radius 2 is 1.93 bits per heavy atom. The molecule has 2 bridgehead atoms. The molecule has 2 saturated heterocycles. The van der Waals surface area contributed by atoms with E-state index < -0.39 is 5.97 Å². The number of benzene rings is 1. The number of aliphatic carboxylic acids is 1. The zero-order chi connectivity index (χ0) is 18.8. The lowest BCUT2D eigenvalue weighted by atomic mass is 9.90. The van der Waals surface area contributed by atoms with Gasteiger partial charge in [-0.2, -0.15) is 0 Å².